The Labute approximate surface area is 120 Å². The van der Waals surface area contributed by atoms with Crippen LogP contribution in [0.1, 0.15) is 5.56 Å². The van der Waals surface area contributed by atoms with Crippen molar-refractivity contribution < 1.29 is 36.2 Å². The molecule has 0 heterocycles. The predicted octanol–water partition coefficient (Wildman–Crippen LogP) is 4.98. The lowest BCUT2D eigenvalue weighted by molar-refractivity contribution is -0.274. The second-order valence-corrected chi connectivity index (χ2v) is 4.31. The zero-order chi connectivity index (χ0) is 16.5. The fourth-order valence-electron chi connectivity index (χ4n) is 1.82. The molecule has 2 aromatic carbocycles. The molecule has 0 amide bonds. The van der Waals surface area contributed by atoms with Gasteiger partial charge in [0.15, 0.2) is 0 Å². The van der Waals surface area contributed by atoms with Crippen LogP contribution in [-0.4, -0.2) is 11.5 Å². The van der Waals surface area contributed by atoms with Crippen LogP contribution in [0.5, 0.6) is 11.5 Å². The molecule has 0 aromatic heterocycles. The molecule has 0 fully saturated rings. The standard InChI is InChI=1S/C14H8F6O2/c15-13(16,17)9-3-1-2-8(6-9)11-5-4-10(21)7-12(11)22-14(18,19)20/h1-7,21H. The minimum absolute atomic E-state index is 0.117. The van der Waals surface area contributed by atoms with Crippen LogP contribution in [0.15, 0.2) is 42.5 Å². The zero-order valence-electron chi connectivity index (χ0n) is 10.7. The summed E-state index contributed by atoms with van der Waals surface area (Å²) in [5, 5.41) is 9.24. The molecule has 118 valence electrons. The number of hydrogen-bond acceptors (Lipinski definition) is 2. The van der Waals surface area contributed by atoms with E-state index in [1.165, 1.54) is 6.07 Å². The highest BCUT2D eigenvalue weighted by Gasteiger charge is 2.33. The summed E-state index contributed by atoms with van der Waals surface area (Å²) in [4.78, 5) is 0. The average molecular weight is 322 g/mol. The molecule has 0 unspecified atom stereocenters. The maximum absolute atomic E-state index is 12.7. The Kier molecular flexibility index (Phi) is 3.95. The molecule has 2 nitrogen and oxygen atoms in total. The minimum atomic E-state index is -5.04. The van der Waals surface area contributed by atoms with Gasteiger partial charge in [-0.2, -0.15) is 13.2 Å². The van der Waals surface area contributed by atoms with Gasteiger partial charge in [-0.05, 0) is 29.8 Å². The van der Waals surface area contributed by atoms with Crippen LogP contribution in [0.25, 0.3) is 11.1 Å². The summed E-state index contributed by atoms with van der Waals surface area (Å²) in [6.45, 7) is 0. The topological polar surface area (TPSA) is 29.5 Å². The molecule has 0 spiro atoms. The van der Waals surface area contributed by atoms with Crippen molar-refractivity contribution in [3.8, 4) is 22.6 Å². The van der Waals surface area contributed by atoms with Crippen molar-refractivity contribution in [1.82, 2.24) is 0 Å². The predicted molar refractivity (Wildman–Crippen MR) is 65.2 cm³/mol. The first-order chi connectivity index (χ1) is 10.1. The van der Waals surface area contributed by atoms with Gasteiger partial charge in [-0.25, -0.2) is 0 Å². The molecule has 0 aliphatic rings. The second kappa shape index (κ2) is 5.43. The Morgan fingerprint density at radius 2 is 1.55 bits per heavy atom. The van der Waals surface area contributed by atoms with Gasteiger partial charge in [0.2, 0.25) is 0 Å². The van der Waals surface area contributed by atoms with Gasteiger partial charge in [0.1, 0.15) is 11.5 Å². The monoisotopic (exact) mass is 322 g/mol. The van der Waals surface area contributed by atoms with Crippen LogP contribution >= 0.6 is 0 Å². The second-order valence-electron chi connectivity index (χ2n) is 4.31. The first-order valence-electron chi connectivity index (χ1n) is 5.83. The molecule has 22 heavy (non-hydrogen) atoms. The maximum atomic E-state index is 12.7. The SMILES string of the molecule is Oc1ccc(-c2cccc(C(F)(F)F)c2)c(OC(F)(F)F)c1. The van der Waals surface area contributed by atoms with E-state index in [4.69, 9.17) is 0 Å². The van der Waals surface area contributed by atoms with E-state index in [1.54, 1.807) is 0 Å². The van der Waals surface area contributed by atoms with Crippen molar-refractivity contribution in [2.24, 2.45) is 0 Å². The summed E-state index contributed by atoms with van der Waals surface area (Å²) < 4.78 is 78.8. The van der Waals surface area contributed by atoms with E-state index >= 15 is 0 Å². The minimum Gasteiger partial charge on any atom is -0.508 e. The molecule has 0 aliphatic carbocycles. The van der Waals surface area contributed by atoms with Gasteiger partial charge in [-0.1, -0.05) is 12.1 Å². The van der Waals surface area contributed by atoms with Gasteiger partial charge in [0, 0.05) is 11.6 Å². The van der Waals surface area contributed by atoms with Crippen molar-refractivity contribution in [3.63, 3.8) is 0 Å². The lowest BCUT2D eigenvalue weighted by Gasteiger charge is -2.15. The average Bonchev–Trinajstić information content (AvgIpc) is 2.36. The van der Waals surface area contributed by atoms with Gasteiger partial charge in [-0.3, -0.25) is 0 Å². The van der Waals surface area contributed by atoms with Crippen molar-refractivity contribution in [3.05, 3.63) is 48.0 Å². The van der Waals surface area contributed by atoms with E-state index in [0.29, 0.717) is 12.1 Å². The Balaban J connectivity index is 2.53. The van der Waals surface area contributed by atoms with Crippen molar-refractivity contribution in [2.45, 2.75) is 12.5 Å². The molecule has 2 rings (SSSR count). The Morgan fingerprint density at radius 3 is 2.14 bits per heavy atom. The molecule has 8 heteroatoms. The molecule has 0 aliphatic heterocycles. The highest BCUT2D eigenvalue weighted by molar-refractivity contribution is 5.72. The number of ether oxygens (including phenoxy) is 1. The number of halogens is 6. The molecular formula is C14H8F6O2. The number of rotatable bonds is 2. The van der Waals surface area contributed by atoms with Crippen molar-refractivity contribution in [2.75, 3.05) is 0 Å². The third kappa shape index (κ3) is 3.84. The summed E-state index contributed by atoms with van der Waals surface area (Å²) in [6.07, 6.45) is -9.66. The van der Waals surface area contributed by atoms with Crippen LogP contribution < -0.4 is 4.74 Å². The van der Waals surface area contributed by atoms with Crippen molar-refractivity contribution >= 4 is 0 Å². The smallest absolute Gasteiger partial charge is 0.508 e. The summed E-state index contributed by atoms with van der Waals surface area (Å²) in [7, 11) is 0. The number of phenolic OH excluding ortho intramolecular Hbond substituents is 1. The van der Waals surface area contributed by atoms with E-state index < -0.39 is 29.6 Å². The molecule has 0 saturated carbocycles. The van der Waals surface area contributed by atoms with E-state index in [-0.39, 0.29) is 11.1 Å². The Morgan fingerprint density at radius 1 is 0.864 bits per heavy atom. The number of aromatic hydroxyl groups is 1. The lowest BCUT2D eigenvalue weighted by atomic mass is 10.0. The molecule has 2 aromatic rings. The third-order valence-electron chi connectivity index (χ3n) is 2.69. The summed E-state index contributed by atoms with van der Waals surface area (Å²) in [5.74, 6) is -1.29. The van der Waals surface area contributed by atoms with Crippen LogP contribution in [0.3, 0.4) is 0 Å². The molecule has 0 atom stereocenters. The van der Waals surface area contributed by atoms with Gasteiger partial charge in [-0.15, -0.1) is 13.2 Å². The number of benzene rings is 2. The first kappa shape index (κ1) is 16.0. The van der Waals surface area contributed by atoms with E-state index in [1.807, 2.05) is 0 Å². The van der Waals surface area contributed by atoms with Gasteiger partial charge < -0.3 is 9.84 Å². The van der Waals surface area contributed by atoms with Crippen molar-refractivity contribution in [1.29, 1.82) is 0 Å². The molecular weight excluding hydrogens is 314 g/mol. The number of hydrogen-bond donors (Lipinski definition) is 1. The van der Waals surface area contributed by atoms with Gasteiger partial charge in [0.05, 0.1) is 5.56 Å². The third-order valence-corrected chi connectivity index (χ3v) is 2.69. The molecule has 0 radical (unpaired) electrons. The lowest BCUT2D eigenvalue weighted by Crippen LogP contribution is -2.17. The van der Waals surface area contributed by atoms with Crippen LogP contribution in [0.4, 0.5) is 26.3 Å². The quantitative estimate of drug-likeness (QED) is 0.791. The van der Waals surface area contributed by atoms with E-state index in [2.05, 4.69) is 4.74 Å². The van der Waals surface area contributed by atoms with Crippen LogP contribution in [0.2, 0.25) is 0 Å². The normalized spacial score (nSPS) is 12.3. The maximum Gasteiger partial charge on any atom is 0.573 e. The zero-order valence-corrected chi connectivity index (χ0v) is 10.7. The molecule has 1 N–H and O–H groups in total. The number of phenols is 1. The first-order valence-corrected chi connectivity index (χ1v) is 5.83. The fourth-order valence-corrected chi connectivity index (χ4v) is 1.82. The van der Waals surface area contributed by atoms with E-state index in [0.717, 1.165) is 24.3 Å². The molecule has 0 saturated heterocycles. The van der Waals surface area contributed by atoms with Crippen LogP contribution in [-0.2, 0) is 6.18 Å². The highest BCUT2D eigenvalue weighted by atomic mass is 19.4. The summed E-state index contributed by atoms with van der Waals surface area (Å²) in [5.41, 5.74) is -1.34. The van der Waals surface area contributed by atoms with Gasteiger partial charge in [0.25, 0.3) is 0 Å². The Hall–Kier alpha value is -2.38. The highest BCUT2D eigenvalue weighted by Crippen LogP contribution is 2.38. The summed E-state index contributed by atoms with van der Waals surface area (Å²) in [6, 6.07) is 6.57. The summed E-state index contributed by atoms with van der Waals surface area (Å²) >= 11 is 0. The van der Waals surface area contributed by atoms with Gasteiger partial charge >= 0.3 is 12.5 Å². The fraction of sp³-hybridized carbons (Fsp3) is 0.143. The largest absolute Gasteiger partial charge is 0.573 e. The molecule has 0 bridgehead atoms. The van der Waals surface area contributed by atoms with Crippen LogP contribution in [0, 0.1) is 0 Å². The number of alkyl halides is 6. The van der Waals surface area contributed by atoms with E-state index in [9.17, 15) is 31.4 Å². The Bertz CT molecular complexity index is 676.